The summed E-state index contributed by atoms with van der Waals surface area (Å²) in [4.78, 5) is 10.7. The Morgan fingerprint density at radius 3 is 2.21 bits per heavy atom. The summed E-state index contributed by atoms with van der Waals surface area (Å²) in [6.45, 7) is 1.41. The summed E-state index contributed by atoms with van der Waals surface area (Å²) >= 11 is 0. The Morgan fingerprint density at radius 2 is 1.79 bits per heavy atom. The lowest BCUT2D eigenvalue weighted by atomic mass is 10.1. The minimum absolute atomic E-state index is 0.276. The molecular formula is C9H6F4O. The summed E-state index contributed by atoms with van der Waals surface area (Å²) in [7, 11) is 0. The lowest BCUT2D eigenvalue weighted by Gasteiger charge is -2.05. The molecule has 0 saturated heterocycles. The van der Waals surface area contributed by atoms with Crippen molar-refractivity contribution < 1.29 is 22.4 Å². The molecule has 76 valence electrons. The number of aryl methyl sites for hydroxylation is 1. The molecule has 1 nitrogen and oxygen atoms in total. The van der Waals surface area contributed by atoms with Gasteiger partial charge in [-0.2, -0.15) is 13.2 Å². The van der Waals surface area contributed by atoms with Gasteiger partial charge in [0.15, 0.2) is 0 Å². The summed E-state index contributed by atoms with van der Waals surface area (Å²) in [5, 5.41) is 0. The average molecular weight is 206 g/mol. The van der Waals surface area contributed by atoms with Crippen molar-refractivity contribution in [3.05, 3.63) is 35.1 Å². The Morgan fingerprint density at radius 1 is 1.21 bits per heavy atom. The number of hydrogen-bond donors (Lipinski definition) is 0. The summed E-state index contributed by atoms with van der Waals surface area (Å²) < 4.78 is 48.4. The van der Waals surface area contributed by atoms with Crippen molar-refractivity contribution in [3.63, 3.8) is 0 Å². The van der Waals surface area contributed by atoms with Crippen molar-refractivity contribution in [2.45, 2.75) is 13.1 Å². The van der Waals surface area contributed by atoms with Gasteiger partial charge in [0, 0.05) is 5.56 Å². The molecule has 0 saturated carbocycles. The molecule has 5 heteroatoms. The van der Waals surface area contributed by atoms with Gasteiger partial charge in [0.05, 0.1) is 0 Å². The third kappa shape index (κ3) is 2.31. The highest BCUT2D eigenvalue weighted by molar-refractivity contribution is 6.00. The molecule has 0 atom stereocenters. The van der Waals surface area contributed by atoms with Crippen LogP contribution in [0.2, 0.25) is 0 Å². The molecule has 0 N–H and O–H groups in total. The maximum Gasteiger partial charge on any atom is 0.454 e. The van der Waals surface area contributed by atoms with Crippen LogP contribution in [0.3, 0.4) is 0 Å². The van der Waals surface area contributed by atoms with E-state index in [-0.39, 0.29) is 5.56 Å². The van der Waals surface area contributed by atoms with Crippen molar-refractivity contribution in [2.75, 3.05) is 0 Å². The second-order valence-corrected chi connectivity index (χ2v) is 2.84. The minimum Gasteiger partial charge on any atom is -0.284 e. The standard InChI is InChI=1S/C9H6F4O/c1-5-2-6(4-7(10)3-5)8(14)9(11,12)13/h2-4H,1H3. The van der Waals surface area contributed by atoms with Gasteiger partial charge in [-0.15, -0.1) is 0 Å². The molecule has 14 heavy (non-hydrogen) atoms. The fourth-order valence-electron chi connectivity index (χ4n) is 1.03. The van der Waals surface area contributed by atoms with Crippen molar-refractivity contribution >= 4 is 5.78 Å². The molecule has 0 aliphatic carbocycles. The van der Waals surface area contributed by atoms with Gasteiger partial charge in [0.1, 0.15) is 5.82 Å². The van der Waals surface area contributed by atoms with Crippen molar-refractivity contribution in [3.8, 4) is 0 Å². The maximum absolute atomic E-state index is 12.7. The molecule has 0 bridgehead atoms. The number of benzene rings is 1. The zero-order valence-electron chi connectivity index (χ0n) is 7.15. The predicted octanol–water partition coefficient (Wildman–Crippen LogP) is 2.88. The fourth-order valence-corrected chi connectivity index (χ4v) is 1.03. The van der Waals surface area contributed by atoms with E-state index in [9.17, 15) is 22.4 Å². The Kier molecular flexibility index (Phi) is 2.59. The van der Waals surface area contributed by atoms with E-state index in [0.717, 1.165) is 12.1 Å². The van der Waals surface area contributed by atoms with Gasteiger partial charge in [0.25, 0.3) is 5.78 Å². The first-order chi connectivity index (χ1) is 6.30. The van der Waals surface area contributed by atoms with Gasteiger partial charge in [-0.3, -0.25) is 4.79 Å². The van der Waals surface area contributed by atoms with E-state index in [1.807, 2.05) is 0 Å². The van der Waals surface area contributed by atoms with Crippen LogP contribution in [0.5, 0.6) is 0 Å². The molecule has 0 aliphatic heterocycles. The van der Waals surface area contributed by atoms with Crippen molar-refractivity contribution in [1.29, 1.82) is 0 Å². The highest BCUT2D eigenvalue weighted by Gasteiger charge is 2.39. The lowest BCUT2D eigenvalue weighted by Crippen LogP contribution is -2.22. The molecule has 0 aliphatic rings. The monoisotopic (exact) mass is 206 g/mol. The van der Waals surface area contributed by atoms with Crippen molar-refractivity contribution in [2.24, 2.45) is 0 Å². The van der Waals surface area contributed by atoms with Gasteiger partial charge < -0.3 is 0 Å². The Bertz CT molecular complexity index is 347. The zero-order chi connectivity index (χ0) is 10.9. The van der Waals surface area contributed by atoms with Crippen LogP contribution in [-0.2, 0) is 0 Å². The SMILES string of the molecule is Cc1cc(F)cc(C(=O)C(F)(F)F)c1. The van der Waals surface area contributed by atoms with Crippen LogP contribution in [0.15, 0.2) is 18.2 Å². The van der Waals surface area contributed by atoms with Gasteiger partial charge >= 0.3 is 6.18 Å². The molecular weight excluding hydrogens is 200 g/mol. The van der Waals surface area contributed by atoms with Gasteiger partial charge in [0.2, 0.25) is 0 Å². The third-order valence-electron chi connectivity index (χ3n) is 1.56. The van der Waals surface area contributed by atoms with Crippen LogP contribution >= 0.6 is 0 Å². The average Bonchev–Trinajstić information content (AvgIpc) is 1.99. The number of carbonyl (C=O) groups excluding carboxylic acids is 1. The topological polar surface area (TPSA) is 17.1 Å². The summed E-state index contributed by atoms with van der Waals surface area (Å²) in [5.74, 6) is -2.88. The lowest BCUT2D eigenvalue weighted by molar-refractivity contribution is -0.0885. The summed E-state index contributed by atoms with van der Waals surface area (Å²) in [5.41, 5.74) is -0.396. The van der Waals surface area contributed by atoms with Crippen LogP contribution in [-0.4, -0.2) is 12.0 Å². The smallest absolute Gasteiger partial charge is 0.284 e. The second-order valence-electron chi connectivity index (χ2n) is 2.84. The molecule has 0 amide bonds. The van der Waals surface area contributed by atoms with E-state index in [1.54, 1.807) is 0 Å². The maximum atomic E-state index is 12.7. The van der Waals surface area contributed by atoms with Crippen LogP contribution in [0.25, 0.3) is 0 Å². The Balaban J connectivity index is 3.14. The minimum atomic E-state index is -4.96. The number of carbonyl (C=O) groups is 1. The molecule has 0 aromatic heterocycles. The van der Waals surface area contributed by atoms with E-state index in [1.165, 1.54) is 6.92 Å². The quantitative estimate of drug-likeness (QED) is 0.510. The predicted molar refractivity (Wildman–Crippen MR) is 41.5 cm³/mol. The number of ketones is 1. The summed E-state index contributed by atoms with van der Waals surface area (Å²) in [6, 6.07) is 2.62. The zero-order valence-corrected chi connectivity index (χ0v) is 7.15. The van der Waals surface area contributed by atoms with Crippen LogP contribution in [0.4, 0.5) is 17.6 Å². The molecule has 0 fully saturated rings. The number of rotatable bonds is 1. The van der Waals surface area contributed by atoms with Crippen LogP contribution in [0, 0.1) is 12.7 Å². The van der Waals surface area contributed by atoms with Gasteiger partial charge in [-0.1, -0.05) is 0 Å². The first-order valence-electron chi connectivity index (χ1n) is 3.69. The van der Waals surface area contributed by atoms with E-state index >= 15 is 0 Å². The van der Waals surface area contributed by atoms with E-state index in [0.29, 0.717) is 6.07 Å². The molecule has 0 radical (unpaired) electrons. The molecule has 1 rings (SSSR count). The normalized spacial score (nSPS) is 11.5. The molecule has 0 heterocycles. The molecule has 0 spiro atoms. The number of hydrogen-bond acceptors (Lipinski definition) is 1. The second kappa shape index (κ2) is 3.40. The van der Waals surface area contributed by atoms with E-state index < -0.39 is 23.3 Å². The van der Waals surface area contributed by atoms with Crippen LogP contribution in [0.1, 0.15) is 15.9 Å². The fraction of sp³-hybridized carbons (Fsp3) is 0.222. The number of alkyl halides is 3. The highest BCUT2D eigenvalue weighted by Crippen LogP contribution is 2.22. The highest BCUT2D eigenvalue weighted by atomic mass is 19.4. The summed E-state index contributed by atoms with van der Waals surface area (Å²) in [6.07, 6.45) is -4.96. The molecule has 1 aromatic rings. The number of halogens is 4. The Hall–Kier alpha value is -1.39. The Labute approximate surface area is 77.3 Å². The molecule has 0 unspecified atom stereocenters. The first-order valence-corrected chi connectivity index (χ1v) is 3.69. The largest absolute Gasteiger partial charge is 0.454 e. The van der Waals surface area contributed by atoms with Crippen LogP contribution < -0.4 is 0 Å². The molecule has 1 aromatic carbocycles. The first kappa shape index (κ1) is 10.7. The number of Topliss-reactive ketones (excluding diaryl/α,β-unsaturated/α-hetero) is 1. The van der Waals surface area contributed by atoms with Gasteiger partial charge in [-0.05, 0) is 30.7 Å². The third-order valence-corrected chi connectivity index (χ3v) is 1.56. The van der Waals surface area contributed by atoms with Gasteiger partial charge in [-0.25, -0.2) is 4.39 Å². The van der Waals surface area contributed by atoms with E-state index in [2.05, 4.69) is 0 Å². The van der Waals surface area contributed by atoms with E-state index in [4.69, 9.17) is 0 Å². The van der Waals surface area contributed by atoms with Crippen molar-refractivity contribution in [1.82, 2.24) is 0 Å².